The second kappa shape index (κ2) is 17.2. The lowest BCUT2D eigenvalue weighted by atomic mass is 9.95. The number of hydrogen-bond acceptors (Lipinski definition) is 7. The van der Waals surface area contributed by atoms with E-state index in [4.69, 9.17) is 115 Å². The molecule has 0 spiro atoms. The number of nitrogens with zero attached hydrogens (tertiary/aromatic N) is 1. The van der Waals surface area contributed by atoms with Gasteiger partial charge in [0.1, 0.15) is 6.07 Å². The fourth-order valence-electron chi connectivity index (χ4n) is 1.33. The van der Waals surface area contributed by atoms with Crippen LogP contribution in [0.1, 0.15) is 12.5 Å². The number of ketones is 2. The zero-order valence-corrected chi connectivity index (χ0v) is 24.8. The Labute approximate surface area is 254 Å². The van der Waals surface area contributed by atoms with Gasteiger partial charge >= 0.3 is 0 Å². The Balaban J connectivity index is -0.000000447. The molecule has 1 unspecified atom stereocenters. The van der Waals surface area contributed by atoms with Crippen LogP contribution in [0.2, 0.25) is 0 Å². The molecule has 202 valence electrons. The molecule has 0 bridgehead atoms. The predicted octanol–water partition coefficient (Wildman–Crippen LogP) is 4.36. The highest BCUT2D eigenvalue weighted by Gasteiger charge is 2.53. The lowest BCUT2D eigenvalue weighted by molar-refractivity contribution is -0.136. The molecule has 0 aliphatic carbocycles. The van der Waals surface area contributed by atoms with E-state index in [0.717, 1.165) is 0 Å². The molecule has 2 amide bonds. The second-order valence-corrected chi connectivity index (χ2v) is 12.9. The first-order chi connectivity index (χ1) is 15.9. The number of amides is 2. The van der Waals surface area contributed by atoms with Crippen molar-refractivity contribution in [3.05, 3.63) is 35.9 Å². The van der Waals surface area contributed by atoms with E-state index in [9.17, 15) is 29.1 Å². The zero-order chi connectivity index (χ0) is 29.7. The number of carbonyl (C=O) groups excluding carboxylic acids is 5. The number of halogens is 10. The highest BCUT2D eigenvalue weighted by Crippen LogP contribution is 2.44. The lowest BCUT2D eigenvalue weighted by Crippen LogP contribution is -2.51. The first kappa shape index (κ1) is 40.0. The Morgan fingerprint density at radius 3 is 1.33 bits per heavy atom. The summed E-state index contributed by atoms with van der Waals surface area (Å²) in [6.45, 7) is 1.29. The third-order valence-corrected chi connectivity index (χ3v) is 4.65. The molecule has 0 aliphatic heterocycles. The summed E-state index contributed by atoms with van der Waals surface area (Å²) >= 11 is 51.0. The van der Waals surface area contributed by atoms with Gasteiger partial charge in [0, 0.05) is 6.92 Å². The number of nitrogens with two attached hydrogens (primary N) is 2. The fraction of sp³-hybridized carbons (Fsp3) is 0.294. The molecule has 1 aromatic carbocycles. The van der Waals surface area contributed by atoms with Crippen LogP contribution in [0.25, 0.3) is 0 Å². The minimum Gasteiger partial charge on any atom is -0.372 e. The van der Waals surface area contributed by atoms with Gasteiger partial charge in [-0.2, -0.15) is 5.26 Å². The van der Waals surface area contributed by atoms with Crippen LogP contribution in [0.15, 0.2) is 30.3 Å². The molecule has 5 N–H and O–H groups in total. The van der Waals surface area contributed by atoms with Gasteiger partial charge in [0.15, 0.2) is 0 Å². The standard InChI is InChI=1S/C9H8Cl3NO2.C3H2Cl3NO2.C3Cl3NO.C2H3ClO/c10-9(11,12)8(15,7(13)14)6-4-2-1-3-5-6;4-3(5,6)1(8)2(7)9;4-3(5,6)2(8)1-7;1-2(3)4/h1-5,15H,(H2,13,14);(H2,7,9);;1H3. The first-order valence-electron chi connectivity index (χ1n) is 8.10. The first-order valence-corrected chi connectivity index (χ1v) is 11.9. The smallest absolute Gasteiger partial charge is 0.289 e. The topological polar surface area (TPSA) is 181 Å². The maximum absolute atomic E-state index is 11.2. The summed E-state index contributed by atoms with van der Waals surface area (Å²) < 4.78 is -6.51. The molecule has 0 fully saturated rings. The molecule has 19 heteroatoms. The van der Waals surface area contributed by atoms with Crippen molar-refractivity contribution in [2.45, 2.75) is 23.9 Å². The number of nitriles is 1. The van der Waals surface area contributed by atoms with Crippen LogP contribution in [0.5, 0.6) is 0 Å². The average Bonchev–Trinajstić information content (AvgIpc) is 2.70. The van der Waals surface area contributed by atoms with Crippen molar-refractivity contribution in [3.63, 3.8) is 0 Å². The summed E-state index contributed by atoms with van der Waals surface area (Å²) in [5.41, 5.74) is 7.33. The van der Waals surface area contributed by atoms with E-state index in [1.165, 1.54) is 25.1 Å². The van der Waals surface area contributed by atoms with Crippen molar-refractivity contribution < 1.29 is 29.1 Å². The molecule has 1 aromatic rings. The lowest BCUT2D eigenvalue weighted by Gasteiger charge is -2.31. The highest BCUT2D eigenvalue weighted by molar-refractivity contribution is 6.81. The van der Waals surface area contributed by atoms with Gasteiger partial charge in [-0.25, -0.2) is 0 Å². The van der Waals surface area contributed by atoms with E-state index in [1.54, 1.807) is 18.2 Å². The molecular weight excluding hydrogens is 697 g/mol. The average molecular weight is 710 g/mol. The van der Waals surface area contributed by atoms with Crippen molar-refractivity contribution in [1.29, 1.82) is 5.26 Å². The predicted molar refractivity (Wildman–Crippen MR) is 142 cm³/mol. The van der Waals surface area contributed by atoms with E-state index in [2.05, 4.69) is 17.3 Å². The van der Waals surface area contributed by atoms with Crippen LogP contribution in [0.3, 0.4) is 0 Å². The van der Waals surface area contributed by atoms with Crippen molar-refractivity contribution in [1.82, 2.24) is 0 Å². The van der Waals surface area contributed by atoms with Crippen molar-refractivity contribution >= 4 is 145 Å². The minimum absolute atomic E-state index is 0.137. The van der Waals surface area contributed by atoms with E-state index in [0.29, 0.717) is 0 Å². The Bertz CT molecular complexity index is 965. The number of carbonyl (C=O) groups is 5. The Hall–Kier alpha value is -0.480. The normalized spacial score (nSPS) is 12.3. The van der Waals surface area contributed by atoms with Gasteiger partial charge in [-0.1, -0.05) is 135 Å². The third kappa shape index (κ3) is 16.4. The molecule has 0 radical (unpaired) electrons. The maximum Gasteiger partial charge on any atom is 0.289 e. The molecule has 9 nitrogen and oxygen atoms in total. The van der Waals surface area contributed by atoms with Crippen LogP contribution in [-0.4, -0.2) is 45.1 Å². The number of benzene rings is 1. The highest BCUT2D eigenvalue weighted by atomic mass is 35.6. The quantitative estimate of drug-likeness (QED) is 0.180. The summed E-state index contributed by atoms with van der Waals surface area (Å²) in [6, 6.07) is 8.96. The van der Waals surface area contributed by atoms with E-state index in [-0.39, 0.29) is 10.8 Å². The number of aliphatic hydroxyl groups is 1. The van der Waals surface area contributed by atoms with Gasteiger partial charge in [0.25, 0.3) is 31.0 Å². The van der Waals surface area contributed by atoms with E-state index in [1.807, 2.05) is 0 Å². The summed E-state index contributed by atoms with van der Waals surface area (Å²) in [5, 5.41) is 17.5. The molecule has 0 aliphatic rings. The third-order valence-electron chi connectivity index (χ3n) is 2.80. The minimum atomic E-state index is -2.33. The summed E-state index contributed by atoms with van der Waals surface area (Å²) in [5.74, 6) is -4.67. The number of alkyl halides is 9. The van der Waals surface area contributed by atoms with Gasteiger partial charge in [-0.3, -0.25) is 24.0 Å². The number of hydrogen-bond donors (Lipinski definition) is 3. The van der Waals surface area contributed by atoms with Crippen LogP contribution in [-0.2, 0) is 29.6 Å². The van der Waals surface area contributed by atoms with Crippen molar-refractivity contribution in [2.75, 3.05) is 0 Å². The van der Waals surface area contributed by atoms with Crippen molar-refractivity contribution in [3.8, 4) is 6.07 Å². The maximum atomic E-state index is 11.2. The van der Waals surface area contributed by atoms with Crippen molar-refractivity contribution in [2.24, 2.45) is 11.5 Å². The van der Waals surface area contributed by atoms with Crippen LogP contribution < -0.4 is 11.5 Å². The fourth-order valence-corrected chi connectivity index (χ4v) is 2.34. The zero-order valence-electron chi connectivity index (χ0n) is 17.3. The number of rotatable bonds is 3. The molecular formula is C17H13Cl10N3O6. The second-order valence-electron chi connectivity index (χ2n) is 5.54. The molecule has 1 rings (SSSR count). The summed E-state index contributed by atoms with van der Waals surface area (Å²) in [7, 11) is 0. The monoisotopic (exact) mass is 705 g/mol. The van der Waals surface area contributed by atoms with Crippen LogP contribution in [0, 0.1) is 11.3 Å². The van der Waals surface area contributed by atoms with Gasteiger partial charge in [-0.05, 0) is 17.2 Å². The molecule has 1 atom stereocenters. The van der Waals surface area contributed by atoms with E-state index >= 15 is 0 Å². The van der Waals surface area contributed by atoms with Gasteiger partial charge in [-0.15, -0.1) is 0 Å². The Morgan fingerprint density at radius 2 is 1.19 bits per heavy atom. The Morgan fingerprint density at radius 1 is 0.833 bits per heavy atom. The van der Waals surface area contributed by atoms with Gasteiger partial charge in [0.2, 0.25) is 14.6 Å². The number of Topliss-reactive ketones (excluding diaryl/α,β-unsaturated/α-hetero) is 2. The Kier molecular flexibility index (Phi) is 19.1. The molecule has 0 saturated heterocycles. The molecule has 36 heavy (non-hydrogen) atoms. The number of primary amides is 2. The largest absolute Gasteiger partial charge is 0.372 e. The van der Waals surface area contributed by atoms with Crippen LogP contribution >= 0.6 is 116 Å². The van der Waals surface area contributed by atoms with Gasteiger partial charge < -0.3 is 16.6 Å². The summed E-state index contributed by atoms with van der Waals surface area (Å²) in [6.07, 6.45) is 0. The van der Waals surface area contributed by atoms with Gasteiger partial charge in [0.05, 0.1) is 0 Å². The molecule has 0 saturated carbocycles. The molecule has 0 aromatic heterocycles. The molecule has 0 heterocycles. The van der Waals surface area contributed by atoms with E-state index < -0.39 is 40.4 Å². The summed E-state index contributed by atoms with van der Waals surface area (Å²) in [4.78, 5) is 50.7. The SMILES string of the molecule is CC(=O)Cl.N#CC(=O)C(Cl)(Cl)Cl.NC(=O)C(=O)C(Cl)(Cl)Cl.NC(=O)C(O)(c1ccccc1)C(Cl)(Cl)Cl. The van der Waals surface area contributed by atoms with Crippen LogP contribution in [0.4, 0.5) is 0 Å².